The van der Waals surface area contributed by atoms with Gasteiger partial charge in [0, 0.05) is 6.42 Å². The minimum absolute atomic E-state index is 0.552. The van der Waals surface area contributed by atoms with Gasteiger partial charge >= 0.3 is 35.6 Å². The van der Waals surface area contributed by atoms with Crippen molar-refractivity contribution in [2.24, 2.45) is 0 Å². The predicted octanol–water partition coefficient (Wildman–Crippen LogP) is 4.21. The van der Waals surface area contributed by atoms with Crippen LogP contribution in [-0.4, -0.2) is 53.2 Å². The van der Waals surface area contributed by atoms with Crippen LogP contribution in [0.5, 0.6) is 0 Å². The SMILES string of the molecule is COC(=O)C(Br)CC1(F)C(F)(F)C(F)(F)C(F)(F)C(F)(F)C1(F)F. The second-order valence-corrected chi connectivity index (χ2v) is 5.97. The molecule has 0 aromatic rings. The summed E-state index contributed by atoms with van der Waals surface area (Å²) in [5.74, 6) is -37.3. The summed E-state index contributed by atoms with van der Waals surface area (Å²) in [5.41, 5.74) is -6.20. The molecule has 1 rings (SSSR count). The van der Waals surface area contributed by atoms with Gasteiger partial charge in [-0.25, -0.2) is 4.39 Å². The molecule has 1 fully saturated rings. The lowest BCUT2D eigenvalue weighted by atomic mass is 9.70. The zero-order valence-corrected chi connectivity index (χ0v) is 12.7. The standard InChI is InChI=1S/C10H6BrF11O2/c1-24-4(23)3(11)2-5(12)6(13,14)8(17,18)10(21,22)9(19,20)7(5,15)16/h3H,2H2,1H3. The van der Waals surface area contributed by atoms with Crippen LogP contribution in [0.1, 0.15) is 6.42 Å². The van der Waals surface area contributed by atoms with Crippen molar-refractivity contribution in [3.8, 4) is 0 Å². The molecule has 0 bridgehead atoms. The summed E-state index contributed by atoms with van der Waals surface area (Å²) < 4.78 is 150. The molecular formula is C10H6BrF11O2. The number of alkyl halides is 12. The first-order chi connectivity index (χ1) is 10.4. The first kappa shape index (κ1) is 21.2. The van der Waals surface area contributed by atoms with Crippen molar-refractivity contribution in [2.75, 3.05) is 7.11 Å². The highest BCUT2D eigenvalue weighted by Crippen LogP contribution is 2.70. The number of hydrogen-bond acceptors (Lipinski definition) is 2. The van der Waals surface area contributed by atoms with Gasteiger partial charge in [0.25, 0.3) is 5.67 Å². The molecule has 1 aliphatic carbocycles. The van der Waals surface area contributed by atoms with Crippen molar-refractivity contribution in [3.63, 3.8) is 0 Å². The van der Waals surface area contributed by atoms with E-state index in [1.54, 1.807) is 0 Å². The van der Waals surface area contributed by atoms with Crippen molar-refractivity contribution in [3.05, 3.63) is 0 Å². The lowest BCUT2D eigenvalue weighted by Crippen LogP contribution is -2.84. The van der Waals surface area contributed by atoms with Crippen LogP contribution in [0.15, 0.2) is 0 Å². The van der Waals surface area contributed by atoms with Gasteiger partial charge in [-0.2, -0.15) is 43.9 Å². The third-order valence-electron chi connectivity index (χ3n) is 3.49. The fraction of sp³-hybridized carbons (Fsp3) is 0.900. The monoisotopic (exact) mass is 446 g/mol. The fourth-order valence-electron chi connectivity index (χ4n) is 2.00. The second kappa shape index (κ2) is 5.34. The zero-order chi connectivity index (χ0) is 19.6. The van der Waals surface area contributed by atoms with Gasteiger partial charge in [-0.15, -0.1) is 0 Å². The van der Waals surface area contributed by atoms with E-state index >= 15 is 0 Å². The Bertz CT molecular complexity index is 503. The molecule has 0 heterocycles. The van der Waals surface area contributed by atoms with Crippen LogP contribution < -0.4 is 0 Å². The average molecular weight is 447 g/mol. The number of ether oxygens (including phenoxy) is 1. The Morgan fingerprint density at radius 3 is 1.38 bits per heavy atom. The molecule has 0 saturated heterocycles. The third-order valence-corrected chi connectivity index (χ3v) is 4.19. The Kier molecular flexibility index (Phi) is 4.72. The number of halogens is 12. The number of carbonyl (C=O) groups excluding carboxylic acids is 1. The number of esters is 1. The highest BCUT2D eigenvalue weighted by Gasteiger charge is 3.00. The van der Waals surface area contributed by atoms with Gasteiger partial charge in [0.05, 0.1) is 7.11 Å². The molecule has 0 spiro atoms. The van der Waals surface area contributed by atoms with E-state index in [4.69, 9.17) is 0 Å². The first-order valence-corrected chi connectivity index (χ1v) is 6.58. The van der Waals surface area contributed by atoms with E-state index in [-0.39, 0.29) is 0 Å². The maximum absolute atomic E-state index is 14.2. The summed E-state index contributed by atoms with van der Waals surface area (Å²) >= 11 is 2.02. The summed E-state index contributed by atoms with van der Waals surface area (Å²) in [4.78, 5) is 8.43. The Hall–Kier alpha value is -0.820. The van der Waals surface area contributed by atoms with E-state index in [9.17, 15) is 53.1 Å². The fourth-order valence-corrected chi connectivity index (χ4v) is 2.63. The molecule has 0 aromatic carbocycles. The molecule has 0 radical (unpaired) electrons. The van der Waals surface area contributed by atoms with Crippen LogP contribution >= 0.6 is 15.9 Å². The summed E-state index contributed by atoms with van der Waals surface area (Å²) in [7, 11) is 0.552. The van der Waals surface area contributed by atoms with E-state index in [0.29, 0.717) is 7.11 Å². The van der Waals surface area contributed by atoms with Gasteiger partial charge in [-0.3, -0.25) is 4.79 Å². The molecule has 0 aromatic heterocycles. The quantitative estimate of drug-likeness (QED) is 0.368. The number of methoxy groups -OCH3 is 1. The first-order valence-electron chi connectivity index (χ1n) is 5.66. The summed E-state index contributed by atoms with van der Waals surface area (Å²) in [6.45, 7) is 0. The van der Waals surface area contributed by atoms with E-state index in [0.717, 1.165) is 0 Å². The maximum atomic E-state index is 14.2. The van der Waals surface area contributed by atoms with Crippen LogP contribution in [0, 0.1) is 0 Å². The van der Waals surface area contributed by atoms with Crippen LogP contribution in [0.4, 0.5) is 48.3 Å². The van der Waals surface area contributed by atoms with E-state index in [1.165, 1.54) is 0 Å². The van der Waals surface area contributed by atoms with E-state index in [1.807, 2.05) is 15.9 Å². The number of hydrogen-bond donors (Lipinski definition) is 0. The molecule has 14 heteroatoms. The van der Waals surface area contributed by atoms with E-state index < -0.39 is 52.5 Å². The Morgan fingerprint density at radius 1 is 0.792 bits per heavy atom. The molecule has 0 aliphatic heterocycles. The van der Waals surface area contributed by atoms with Crippen molar-refractivity contribution >= 4 is 21.9 Å². The largest absolute Gasteiger partial charge is 0.468 e. The Morgan fingerprint density at radius 2 is 1.08 bits per heavy atom. The average Bonchev–Trinajstić information content (AvgIpc) is 2.43. The summed E-state index contributed by atoms with van der Waals surface area (Å²) in [6, 6.07) is 0. The molecule has 0 N–H and O–H groups in total. The molecule has 1 aliphatic rings. The van der Waals surface area contributed by atoms with Gasteiger partial charge < -0.3 is 4.74 Å². The topological polar surface area (TPSA) is 26.3 Å². The molecule has 1 atom stereocenters. The van der Waals surface area contributed by atoms with E-state index in [2.05, 4.69) is 4.74 Å². The molecular weight excluding hydrogens is 441 g/mol. The predicted molar refractivity (Wildman–Crippen MR) is 57.9 cm³/mol. The van der Waals surface area contributed by atoms with Crippen molar-refractivity contribution in [1.29, 1.82) is 0 Å². The van der Waals surface area contributed by atoms with Crippen molar-refractivity contribution in [1.82, 2.24) is 0 Å². The highest BCUT2D eigenvalue weighted by atomic mass is 79.9. The third kappa shape index (κ3) is 2.09. The zero-order valence-electron chi connectivity index (χ0n) is 11.1. The smallest absolute Gasteiger partial charge is 0.384 e. The summed E-state index contributed by atoms with van der Waals surface area (Å²) in [6.07, 6.45) is -2.69. The van der Waals surface area contributed by atoms with Crippen LogP contribution in [0.2, 0.25) is 0 Å². The van der Waals surface area contributed by atoms with Crippen LogP contribution in [0.3, 0.4) is 0 Å². The molecule has 24 heavy (non-hydrogen) atoms. The van der Waals surface area contributed by atoms with Crippen molar-refractivity contribution in [2.45, 2.75) is 46.5 Å². The summed E-state index contributed by atoms with van der Waals surface area (Å²) in [5, 5.41) is 0. The lowest BCUT2D eigenvalue weighted by molar-refractivity contribution is -0.485. The maximum Gasteiger partial charge on any atom is 0.384 e. The molecule has 2 nitrogen and oxygen atoms in total. The van der Waals surface area contributed by atoms with Gasteiger partial charge in [0.2, 0.25) is 0 Å². The second-order valence-electron chi connectivity index (χ2n) is 4.87. The Labute approximate surface area is 134 Å². The normalized spacial score (nSPS) is 29.5. The Balaban J connectivity index is 3.66. The van der Waals surface area contributed by atoms with Gasteiger partial charge in [-0.1, -0.05) is 15.9 Å². The van der Waals surface area contributed by atoms with Crippen molar-refractivity contribution < 1.29 is 57.8 Å². The minimum Gasteiger partial charge on any atom is -0.468 e. The molecule has 1 unspecified atom stereocenters. The minimum atomic E-state index is -7.27. The molecule has 1 saturated carbocycles. The van der Waals surface area contributed by atoms with Crippen LogP contribution in [0.25, 0.3) is 0 Å². The van der Waals surface area contributed by atoms with Gasteiger partial charge in [-0.05, 0) is 0 Å². The highest BCUT2D eigenvalue weighted by molar-refractivity contribution is 9.10. The molecule has 142 valence electrons. The number of rotatable bonds is 3. The molecule has 0 amide bonds. The van der Waals surface area contributed by atoms with Gasteiger partial charge in [0.15, 0.2) is 0 Å². The lowest BCUT2D eigenvalue weighted by Gasteiger charge is -2.52. The van der Waals surface area contributed by atoms with Gasteiger partial charge in [0.1, 0.15) is 4.83 Å². The van der Waals surface area contributed by atoms with Crippen LogP contribution in [-0.2, 0) is 9.53 Å². The number of carbonyl (C=O) groups is 1.